The second kappa shape index (κ2) is 7.94. The maximum atomic E-state index is 12.4. The van der Waals surface area contributed by atoms with Gasteiger partial charge in [-0.15, -0.1) is 11.3 Å². The average molecular weight is 466 g/mol. The van der Waals surface area contributed by atoms with Gasteiger partial charge in [-0.25, -0.2) is 13.4 Å². The zero-order chi connectivity index (χ0) is 20.6. The number of hydrogen-bond donors (Lipinski definition) is 1. The standard InChI is InChI=1S/C18H16ClN5O2S3/c1-3-14-11(2)22-18-20-10-21-24(18)17(14)27-13-6-4-12(5-7-13)23-29(25,26)16-9-8-15(19)28-16/h4-10,23H,3H2,1-2H3. The van der Waals surface area contributed by atoms with E-state index in [9.17, 15) is 8.42 Å². The van der Waals surface area contributed by atoms with Crippen LogP contribution in [0.15, 0.2) is 56.9 Å². The van der Waals surface area contributed by atoms with E-state index < -0.39 is 10.0 Å². The topological polar surface area (TPSA) is 89.2 Å². The van der Waals surface area contributed by atoms with Gasteiger partial charge >= 0.3 is 0 Å². The van der Waals surface area contributed by atoms with Crippen LogP contribution in [0.25, 0.3) is 5.78 Å². The predicted molar refractivity (Wildman–Crippen MR) is 116 cm³/mol. The molecule has 0 atom stereocenters. The SMILES string of the molecule is CCc1c(C)nc2ncnn2c1Sc1ccc(NS(=O)(=O)c2ccc(Cl)s2)cc1. The van der Waals surface area contributed by atoms with Crippen LogP contribution in [0, 0.1) is 6.92 Å². The first-order valence-corrected chi connectivity index (χ1v) is 12.1. The summed E-state index contributed by atoms with van der Waals surface area (Å²) in [7, 11) is -3.66. The van der Waals surface area contributed by atoms with Crippen LogP contribution in [-0.4, -0.2) is 28.0 Å². The molecule has 0 amide bonds. The summed E-state index contributed by atoms with van der Waals surface area (Å²) in [5, 5.41) is 5.24. The second-order valence-corrected chi connectivity index (χ2v) is 10.8. The molecule has 11 heteroatoms. The molecule has 0 aliphatic rings. The normalized spacial score (nSPS) is 11.8. The maximum Gasteiger partial charge on any atom is 0.271 e. The van der Waals surface area contributed by atoms with E-state index in [1.165, 1.54) is 12.4 Å². The molecule has 1 N–H and O–H groups in total. The smallest absolute Gasteiger partial charge is 0.271 e. The highest BCUT2D eigenvalue weighted by Crippen LogP contribution is 2.33. The summed E-state index contributed by atoms with van der Waals surface area (Å²) in [6, 6.07) is 10.2. The van der Waals surface area contributed by atoms with Crippen molar-refractivity contribution in [3.63, 3.8) is 0 Å². The number of fused-ring (bicyclic) bond motifs is 1. The minimum Gasteiger partial charge on any atom is -0.279 e. The Morgan fingerprint density at radius 1 is 1.21 bits per heavy atom. The van der Waals surface area contributed by atoms with Gasteiger partial charge in [-0.2, -0.15) is 14.6 Å². The second-order valence-electron chi connectivity index (χ2n) is 6.10. The molecule has 3 heterocycles. The van der Waals surface area contributed by atoms with Crippen molar-refractivity contribution in [2.24, 2.45) is 0 Å². The third-order valence-electron chi connectivity index (χ3n) is 4.17. The fourth-order valence-electron chi connectivity index (χ4n) is 2.82. The Labute approximate surface area is 181 Å². The summed E-state index contributed by atoms with van der Waals surface area (Å²) in [5.74, 6) is 0.557. The van der Waals surface area contributed by atoms with Gasteiger partial charge in [0.1, 0.15) is 15.6 Å². The number of thiophene rings is 1. The Morgan fingerprint density at radius 2 is 1.97 bits per heavy atom. The van der Waals surface area contributed by atoms with E-state index in [4.69, 9.17) is 11.6 Å². The van der Waals surface area contributed by atoms with E-state index in [2.05, 4.69) is 26.7 Å². The van der Waals surface area contributed by atoms with Crippen LogP contribution in [0.3, 0.4) is 0 Å². The first-order chi connectivity index (χ1) is 13.9. The van der Waals surface area contributed by atoms with Crippen molar-refractivity contribution in [3.8, 4) is 0 Å². The van der Waals surface area contributed by atoms with Crippen molar-refractivity contribution >= 4 is 56.2 Å². The van der Waals surface area contributed by atoms with Gasteiger partial charge in [0, 0.05) is 21.8 Å². The predicted octanol–water partition coefficient (Wildman–Crippen LogP) is 4.66. The van der Waals surface area contributed by atoms with Gasteiger partial charge in [-0.05, 0) is 49.7 Å². The molecule has 4 rings (SSSR count). The summed E-state index contributed by atoms with van der Waals surface area (Å²) in [6.45, 7) is 4.04. The molecule has 0 saturated heterocycles. The summed E-state index contributed by atoms with van der Waals surface area (Å²) < 4.78 is 29.8. The molecule has 0 aliphatic heterocycles. The lowest BCUT2D eigenvalue weighted by molar-refractivity contribution is 0.603. The molecule has 4 aromatic rings. The van der Waals surface area contributed by atoms with Gasteiger partial charge in [0.25, 0.3) is 15.8 Å². The molecule has 0 saturated carbocycles. The van der Waals surface area contributed by atoms with Crippen molar-refractivity contribution in [2.75, 3.05) is 4.72 Å². The molecule has 29 heavy (non-hydrogen) atoms. The van der Waals surface area contributed by atoms with Crippen LogP contribution in [0.5, 0.6) is 0 Å². The third kappa shape index (κ3) is 4.11. The molecule has 0 fully saturated rings. The van der Waals surface area contributed by atoms with E-state index in [1.807, 2.05) is 19.1 Å². The van der Waals surface area contributed by atoms with Crippen LogP contribution in [0.1, 0.15) is 18.2 Å². The van der Waals surface area contributed by atoms with E-state index in [0.29, 0.717) is 15.8 Å². The third-order valence-corrected chi connectivity index (χ3v) is 8.40. The maximum absolute atomic E-state index is 12.4. The minimum atomic E-state index is -3.66. The van der Waals surface area contributed by atoms with Crippen molar-refractivity contribution in [3.05, 3.63) is 58.3 Å². The number of benzene rings is 1. The quantitative estimate of drug-likeness (QED) is 0.416. The lowest BCUT2D eigenvalue weighted by Gasteiger charge is -2.12. The largest absolute Gasteiger partial charge is 0.279 e. The lowest BCUT2D eigenvalue weighted by Crippen LogP contribution is -2.11. The highest BCUT2D eigenvalue weighted by molar-refractivity contribution is 7.99. The van der Waals surface area contributed by atoms with Crippen LogP contribution in [0.4, 0.5) is 5.69 Å². The molecule has 0 bridgehead atoms. The Balaban J connectivity index is 1.60. The number of halogens is 1. The van der Waals surface area contributed by atoms with Crippen molar-refractivity contribution in [2.45, 2.75) is 34.4 Å². The van der Waals surface area contributed by atoms with Gasteiger partial charge in [0.15, 0.2) is 0 Å². The van der Waals surface area contributed by atoms with Crippen LogP contribution < -0.4 is 4.72 Å². The highest BCUT2D eigenvalue weighted by atomic mass is 35.5. The number of hydrogen-bond acceptors (Lipinski definition) is 7. The van der Waals surface area contributed by atoms with E-state index >= 15 is 0 Å². The Kier molecular flexibility index (Phi) is 5.52. The molecule has 0 spiro atoms. The number of sulfonamides is 1. The number of nitrogens with zero attached hydrogens (tertiary/aromatic N) is 4. The van der Waals surface area contributed by atoms with Gasteiger partial charge in [0.2, 0.25) is 0 Å². The number of aromatic nitrogens is 4. The van der Waals surface area contributed by atoms with E-state index in [0.717, 1.165) is 38.9 Å². The summed E-state index contributed by atoms with van der Waals surface area (Å²) in [6.07, 6.45) is 2.30. The fraction of sp³-hybridized carbons (Fsp3) is 0.167. The highest BCUT2D eigenvalue weighted by Gasteiger charge is 2.17. The Morgan fingerprint density at radius 3 is 2.62 bits per heavy atom. The number of anilines is 1. The molecule has 150 valence electrons. The molecule has 0 aliphatic carbocycles. The molecule has 3 aromatic heterocycles. The molecule has 0 radical (unpaired) electrons. The number of nitrogens with one attached hydrogen (secondary N) is 1. The van der Waals surface area contributed by atoms with Gasteiger partial charge in [-0.3, -0.25) is 4.72 Å². The van der Waals surface area contributed by atoms with Gasteiger partial charge < -0.3 is 0 Å². The van der Waals surface area contributed by atoms with Gasteiger partial charge in [0.05, 0.1) is 4.34 Å². The van der Waals surface area contributed by atoms with Crippen molar-refractivity contribution < 1.29 is 8.42 Å². The number of aryl methyl sites for hydroxylation is 1. The van der Waals surface area contributed by atoms with Crippen LogP contribution >= 0.6 is 34.7 Å². The monoisotopic (exact) mass is 465 g/mol. The first kappa shape index (κ1) is 20.1. The van der Waals surface area contributed by atoms with E-state index in [1.54, 1.807) is 34.5 Å². The average Bonchev–Trinajstić information content (AvgIpc) is 3.32. The van der Waals surface area contributed by atoms with Crippen LogP contribution in [-0.2, 0) is 16.4 Å². The Hall–Kier alpha value is -2.14. The minimum absolute atomic E-state index is 0.175. The molecule has 1 aromatic carbocycles. The first-order valence-electron chi connectivity index (χ1n) is 8.62. The molecule has 0 unspecified atom stereocenters. The zero-order valence-corrected chi connectivity index (χ0v) is 18.7. The van der Waals surface area contributed by atoms with Crippen LogP contribution in [0.2, 0.25) is 4.34 Å². The van der Waals surface area contributed by atoms with Crippen molar-refractivity contribution in [1.29, 1.82) is 0 Å². The van der Waals surface area contributed by atoms with Gasteiger partial charge in [-0.1, -0.05) is 30.3 Å². The molecule has 7 nitrogen and oxygen atoms in total. The van der Waals surface area contributed by atoms with Crippen molar-refractivity contribution in [1.82, 2.24) is 19.6 Å². The summed E-state index contributed by atoms with van der Waals surface area (Å²) >= 11 is 8.40. The van der Waals surface area contributed by atoms with E-state index in [-0.39, 0.29) is 4.21 Å². The Bertz CT molecular complexity index is 1280. The molecular weight excluding hydrogens is 450 g/mol. The lowest BCUT2D eigenvalue weighted by atomic mass is 10.2. The fourth-order valence-corrected chi connectivity index (χ4v) is 6.48. The zero-order valence-electron chi connectivity index (χ0n) is 15.5. The summed E-state index contributed by atoms with van der Waals surface area (Å²) in [4.78, 5) is 9.62. The number of rotatable bonds is 6. The molecular formula is C18H16ClN5O2S3. The summed E-state index contributed by atoms with van der Waals surface area (Å²) in [5.41, 5.74) is 2.51.